The molecular weight excluding hydrogens is 325 g/mol. The molecule has 1 aromatic carbocycles. The summed E-state index contributed by atoms with van der Waals surface area (Å²) in [4.78, 5) is 11.7. The summed E-state index contributed by atoms with van der Waals surface area (Å²) in [7, 11) is 1.60. The number of rotatable bonds is 4. The normalized spacial score (nSPS) is 20.5. The second-order valence-corrected chi connectivity index (χ2v) is 7.34. The van der Waals surface area contributed by atoms with Gasteiger partial charge in [0.25, 0.3) is 0 Å². The van der Waals surface area contributed by atoms with Crippen molar-refractivity contribution in [2.45, 2.75) is 38.6 Å². The zero-order chi connectivity index (χ0) is 16.5. The summed E-state index contributed by atoms with van der Waals surface area (Å²) >= 11 is 12.4. The fourth-order valence-electron chi connectivity index (χ4n) is 2.38. The first-order chi connectivity index (χ1) is 10.2. The van der Waals surface area contributed by atoms with Crippen LogP contribution in [0.1, 0.15) is 38.7 Å². The zero-order valence-electron chi connectivity index (χ0n) is 13.2. The molecule has 1 aliphatic carbocycles. The van der Waals surface area contributed by atoms with Gasteiger partial charge in [0.2, 0.25) is 0 Å². The van der Waals surface area contributed by atoms with Crippen LogP contribution in [-0.4, -0.2) is 25.3 Å². The number of methoxy groups -OCH3 is 1. The quantitative estimate of drug-likeness (QED) is 0.865. The number of nitrogens with one attached hydrogen (secondary N) is 1. The number of amides is 1. The lowest BCUT2D eigenvalue weighted by Gasteiger charge is -2.20. The minimum Gasteiger partial charge on any atom is -0.496 e. The van der Waals surface area contributed by atoms with E-state index in [9.17, 15) is 4.79 Å². The highest BCUT2D eigenvalue weighted by molar-refractivity contribution is 6.42. The van der Waals surface area contributed by atoms with Crippen molar-refractivity contribution in [2.24, 2.45) is 5.92 Å². The third-order valence-corrected chi connectivity index (χ3v) is 4.33. The molecule has 1 amide bonds. The molecule has 0 saturated heterocycles. The Morgan fingerprint density at radius 2 is 2.05 bits per heavy atom. The number of carbonyl (C=O) groups is 1. The average Bonchev–Trinajstić information content (AvgIpc) is 3.16. The second kappa shape index (κ2) is 6.55. The molecule has 1 fully saturated rings. The fraction of sp³-hybridized carbons (Fsp3) is 0.562. The molecular formula is C16H21Cl2NO3. The lowest BCUT2D eigenvalue weighted by atomic mass is 10.1. The van der Waals surface area contributed by atoms with Gasteiger partial charge in [-0.3, -0.25) is 0 Å². The molecule has 1 N–H and O–H groups in total. The SMILES string of the molecule is COc1ccc(Cl)c(Cl)c1C1CC1COC(=O)NC(C)(C)C. The van der Waals surface area contributed by atoms with Crippen LogP contribution in [-0.2, 0) is 4.74 Å². The molecule has 6 heteroatoms. The fourth-order valence-corrected chi connectivity index (χ4v) is 2.84. The van der Waals surface area contributed by atoms with E-state index in [-0.39, 0.29) is 17.4 Å². The van der Waals surface area contributed by atoms with E-state index in [1.54, 1.807) is 13.2 Å². The van der Waals surface area contributed by atoms with Crippen LogP contribution in [0.2, 0.25) is 10.0 Å². The Kier molecular flexibility index (Phi) is 5.13. The molecule has 122 valence electrons. The summed E-state index contributed by atoms with van der Waals surface area (Å²) in [5.74, 6) is 1.18. The first kappa shape index (κ1) is 17.2. The third-order valence-electron chi connectivity index (χ3n) is 3.51. The third kappa shape index (κ3) is 4.20. The molecule has 22 heavy (non-hydrogen) atoms. The lowest BCUT2D eigenvalue weighted by Crippen LogP contribution is -2.41. The van der Waals surface area contributed by atoms with Crippen LogP contribution in [0.3, 0.4) is 0 Å². The maximum absolute atomic E-state index is 11.7. The molecule has 1 aliphatic rings. The van der Waals surface area contributed by atoms with Crippen LogP contribution in [0, 0.1) is 5.92 Å². The second-order valence-electron chi connectivity index (χ2n) is 6.55. The summed E-state index contributed by atoms with van der Waals surface area (Å²) in [6, 6.07) is 3.53. The number of hydrogen-bond donors (Lipinski definition) is 1. The van der Waals surface area contributed by atoms with Gasteiger partial charge in [0.05, 0.1) is 23.8 Å². The average molecular weight is 346 g/mol. The van der Waals surface area contributed by atoms with Gasteiger partial charge in [-0.25, -0.2) is 4.79 Å². The molecule has 0 radical (unpaired) electrons. The van der Waals surface area contributed by atoms with Gasteiger partial charge >= 0.3 is 6.09 Å². The van der Waals surface area contributed by atoms with Gasteiger partial charge in [-0.1, -0.05) is 23.2 Å². The van der Waals surface area contributed by atoms with Gasteiger partial charge in [-0.2, -0.15) is 0 Å². The topological polar surface area (TPSA) is 47.6 Å². The highest BCUT2D eigenvalue weighted by Gasteiger charge is 2.42. The standard InChI is InChI=1S/C16H21Cl2NO3/c1-16(2,3)19-15(20)22-8-9-7-10(9)13-12(21-4)6-5-11(17)14(13)18/h5-6,9-10H,7-8H2,1-4H3,(H,19,20). The van der Waals surface area contributed by atoms with Crippen molar-refractivity contribution in [1.29, 1.82) is 0 Å². The van der Waals surface area contributed by atoms with E-state index in [2.05, 4.69) is 5.32 Å². The molecule has 2 rings (SSSR count). The van der Waals surface area contributed by atoms with Crippen LogP contribution in [0.15, 0.2) is 12.1 Å². The lowest BCUT2D eigenvalue weighted by molar-refractivity contribution is 0.132. The summed E-state index contributed by atoms with van der Waals surface area (Å²) in [6.45, 7) is 6.08. The van der Waals surface area contributed by atoms with E-state index in [4.69, 9.17) is 32.7 Å². The number of alkyl carbamates (subject to hydrolysis) is 1. The zero-order valence-corrected chi connectivity index (χ0v) is 14.7. The van der Waals surface area contributed by atoms with E-state index in [1.807, 2.05) is 26.8 Å². The van der Waals surface area contributed by atoms with Crippen molar-refractivity contribution in [2.75, 3.05) is 13.7 Å². The Balaban J connectivity index is 1.96. The predicted octanol–water partition coefficient (Wildman–Crippen LogP) is 4.63. The van der Waals surface area contributed by atoms with Crippen molar-refractivity contribution in [3.8, 4) is 5.75 Å². The Bertz CT molecular complexity index is 569. The molecule has 1 aromatic rings. The van der Waals surface area contributed by atoms with E-state index in [1.165, 1.54) is 0 Å². The monoisotopic (exact) mass is 345 g/mol. The Morgan fingerprint density at radius 1 is 1.36 bits per heavy atom. The van der Waals surface area contributed by atoms with Gasteiger partial charge in [-0.05, 0) is 45.2 Å². The van der Waals surface area contributed by atoms with E-state index in [0.717, 1.165) is 17.7 Å². The van der Waals surface area contributed by atoms with E-state index >= 15 is 0 Å². The summed E-state index contributed by atoms with van der Waals surface area (Å²) in [5, 5.41) is 3.80. The van der Waals surface area contributed by atoms with Gasteiger partial charge < -0.3 is 14.8 Å². The maximum atomic E-state index is 11.7. The maximum Gasteiger partial charge on any atom is 0.407 e. The first-order valence-corrected chi connectivity index (χ1v) is 7.95. The summed E-state index contributed by atoms with van der Waals surface area (Å²) < 4.78 is 10.6. The number of halogens is 2. The van der Waals surface area contributed by atoms with Crippen molar-refractivity contribution < 1.29 is 14.3 Å². The minimum atomic E-state index is -0.401. The molecule has 0 bridgehead atoms. The molecule has 0 aromatic heterocycles. The van der Waals surface area contributed by atoms with Crippen molar-refractivity contribution in [3.63, 3.8) is 0 Å². The van der Waals surface area contributed by atoms with Crippen LogP contribution >= 0.6 is 23.2 Å². The smallest absolute Gasteiger partial charge is 0.407 e. The molecule has 2 atom stereocenters. The number of ether oxygens (including phenoxy) is 2. The predicted molar refractivity (Wildman–Crippen MR) is 88.1 cm³/mol. The van der Waals surface area contributed by atoms with Crippen molar-refractivity contribution >= 4 is 29.3 Å². The van der Waals surface area contributed by atoms with Crippen molar-refractivity contribution in [3.05, 3.63) is 27.7 Å². The molecule has 1 saturated carbocycles. The van der Waals surface area contributed by atoms with Gasteiger partial charge in [0.1, 0.15) is 5.75 Å². The molecule has 2 unspecified atom stereocenters. The molecule has 0 spiro atoms. The van der Waals surface area contributed by atoms with Gasteiger partial charge in [0, 0.05) is 17.0 Å². The summed E-state index contributed by atoms with van der Waals surface area (Å²) in [5.41, 5.74) is 0.598. The van der Waals surface area contributed by atoms with Crippen LogP contribution in [0.5, 0.6) is 5.75 Å². The van der Waals surface area contributed by atoms with Crippen LogP contribution < -0.4 is 10.1 Å². The van der Waals surface area contributed by atoms with Crippen molar-refractivity contribution in [1.82, 2.24) is 5.32 Å². The Hall–Kier alpha value is -1.13. The Labute approximate surface area is 141 Å². The highest BCUT2D eigenvalue weighted by atomic mass is 35.5. The number of carbonyl (C=O) groups excluding carboxylic acids is 1. The summed E-state index contributed by atoms with van der Waals surface area (Å²) in [6.07, 6.45) is 0.501. The van der Waals surface area contributed by atoms with E-state index in [0.29, 0.717) is 16.7 Å². The highest BCUT2D eigenvalue weighted by Crippen LogP contribution is 2.54. The minimum absolute atomic E-state index is 0.212. The Morgan fingerprint density at radius 3 is 2.64 bits per heavy atom. The molecule has 4 nitrogen and oxygen atoms in total. The van der Waals surface area contributed by atoms with Crippen LogP contribution in [0.4, 0.5) is 4.79 Å². The van der Waals surface area contributed by atoms with Crippen LogP contribution in [0.25, 0.3) is 0 Å². The number of hydrogen-bond acceptors (Lipinski definition) is 3. The molecule has 0 aliphatic heterocycles. The van der Waals surface area contributed by atoms with Gasteiger partial charge in [0.15, 0.2) is 0 Å². The first-order valence-electron chi connectivity index (χ1n) is 7.19. The largest absolute Gasteiger partial charge is 0.496 e. The molecule has 0 heterocycles. The number of benzene rings is 1. The van der Waals surface area contributed by atoms with Gasteiger partial charge in [-0.15, -0.1) is 0 Å². The van der Waals surface area contributed by atoms with E-state index < -0.39 is 6.09 Å².